The van der Waals surface area contributed by atoms with E-state index < -0.39 is 0 Å². The second-order valence-electron chi connectivity index (χ2n) is 5.32. The first-order valence-corrected chi connectivity index (χ1v) is 7.39. The maximum atomic E-state index is 9.23. The Hall–Kier alpha value is -3.86. The first kappa shape index (κ1) is 14.7. The minimum atomic E-state index is 0.0135. The third-order valence-electron chi connectivity index (χ3n) is 3.64. The number of anilines is 1. The van der Waals surface area contributed by atoms with Gasteiger partial charge in [-0.15, -0.1) is 0 Å². The van der Waals surface area contributed by atoms with Crippen molar-refractivity contribution in [3.05, 3.63) is 48.0 Å². The molecule has 0 saturated carbocycles. The van der Waals surface area contributed by atoms with E-state index in [4.69, 9.17) is 10.3 Å². The molecule has 0 spiro atoms. The van der Waals surface area contributed by atoms with E-state index in [9.17, 15) is 5.26 Å². The van der Waals surface area contributed by atoms with Crippen LogP contribution in [0.25, 0.3) is 33.7 Å². The molecule has 120 valence electrons. The Morgan fingerprint density at radius 1 is 1.12 bits per heavy atom. The second kappa shape index (κ2) is 5.65. The van der Waals surface area contributed by atoms with E-state index in [1.807, 2.05) is 36.4 Å². The molecule has 4 rings (SSSR count). The van der Waals surface area contributed by atoms with Crippen LogP contribution in [0.15, 0.2) is 41.1 Å². The molecule has 4 aromatic rings. The predicted octanol–water partition coefficient (Wildman–Crippen LogP) is 2.50. The number of hydrogen-bond acceptors (Lipinski definition) is 8. The molecule has 0 bridgehead atoms. The Morgan fingerprint density at radius 2 is 2.00 bits per heavy atom. The van der Waals surface area contributed by atoms with Crippen LogP contribution in [0.3, 0.4) is 0 Å². The quantitative estimate of drug-likeness (QED) is 0.594. The maximum Gasteiger partial charge on any atom is 0.278 e. The standard InChI is InChI=1S/C17H11N7O/c1-9-21-17(25-24-9)15-14(22-13(8-18)16(19)23-15)11-4-5-12-10(7-11)3-2-6-20-12/h2-7H,1H3,(H2,19,23). The molecule has 3 aromatic heterocycles. The highest BCUT2D eigenvalue weighted by atomic mass is 16.5. The van der Waals surface area contributed by atoms with E-state index in [2.05, 4.69) is 25.1 Å². The number of benzene rings is 1. The Labute approximate surface area is 142 Å². The Morgan fingerprint density at radius 3 is 2.76 bits per heavy atom. The second-order valence-corrected chi connectivity index (χ2v) is 5.32. The van der Waals surface area contributed by atoms with Gasteiger partial charge < -0.3 is 10.3 Å². The van der Waals surface area contributed by atoms with Gasteiger partial charge in [-0.2, -0.15) is 10.2 Å². The summed E-state index contributed by atoms with van der Waals surface area (Å²) in [4.78, 5) is 17.1. The van der Waals surface area contributed by atoms with Gasteiger partial charge in [-0.05, 0) is 25.1 Å². The molecule has 0 unspecified atom stereocenters. The summed E-state index contributed by atoms with van der Waals surface area (Å²) < 4.78 is 5.21. The summed E-state index contributed by atoms with van der Waals surface area (Å²) in [6.45, 7) is 1.70. The van der Waals surface area contributed by atoms with E-state index in [0.717, 1.165) is 16.5 Å². The van der Waals surface area contributed by atoms with Gasteiger partial charge >= 0.3 is 0 Å². The number of hydrogen-bond donors (Lipinski definition) is 1. The number of nitrogens with two attached hydrogens (primary N) is 1. The molecule has 0 radical (unpaired) electrons. The summed E-state index contributed by atoms with van der Waals surface area (Å²) in [5, 5.41) is 13.9. The Balaban J connectivity index is 1.99. The Kier molecular flexibility index (Phi) is 3.32. The van der Waals surface area contributed by atoms with Crippen molar-refractivity contribution in [1.29, 1.82) is 5.26 Å². The van der Waals surface area contributed by atoms with Crippen LogP contribution in [0.1, 0.15) is 11.5 Å². The van der Waals surface area contributed by atoms with Crippen LogP contribution in [-0.2, 0) is 0 Å². The number of pyridine rings is 1. The highest BCUT2D eigenvalue weighted by molar-refractivity contribution is 5.86. The van der Waals surface area contributed by atoms with Crippen molar-refractivity contribution in [2.45, 2.75) is 6.92 Å². The number of aryl methyl sites for hydroxylation is 1. The van der Waals surface area contributed by atoms with Crippen LogP contribution in [-0.4, -0.2) is 25.1 Å². The molecule has 25 heavy (non-hydrogen) atoms. The molecule has 0 aliphatic carbocycles. The minimum absolute atomic E-state index is 0.0135. The molecule has 8 nitrogen and oxygen atoms in total. The smallest absolute Gasteiger partial charge is 0.278 e. The summed E-state index contributed by atoms with van der Waals surface area (Å²) >= 11 is 0. The largest absolute Gasteiger partial charge is 0.381 e. The lowest BCUT2D eigenvalue weighted by Crippen LogP contribution is -2.03. The van der Waals surface area contributed by atoms with Crippen molar-refractivity contribution in [3.8, 4) is 28.9 Å². The normalized spacial score (nSPS) is 10.7. The van der Waals surface area contributed by atoms with Gasteiger partial charge in [0.25, 0.3) is 5.89 Å². The van der Waals surface area contributed by atoms with Crippen LogP contribution >= 0.6 is 0 Å². The number of aromatic nitrogens is 5. The number of fused-ring (bicyclic) bond motifs is 1. The van der Waals surface area contributed by atoms with Crippen molar-refractivity contribution in [2.24, 2.45) is 0 Å². The fourth-order valence-electron chi connectivity index (χ4n) is 2.50. The third kappa shape index (κ3) is 2.53. The summed E-state index contributed by atoms with van der Waals surface area (Å²) in [6, 6.07) is 11.4. The lowest BCUT2D eigenvalue weighted by molar-refractivity contribution is 0.424. The van der Waals surface area contributed by atoms with Gasteiger partial charge in [0.2, 0.25) is 0 Å². The lowest BCUT2D eigenvalue weighted by atomic mass is 10.1. The average molecular weight is 329 g/mol. The van der Waals surface area contributed by atoms with Crippen LogP contribution in [0.5, 0.6) is 0 Å². The number of nitrogens with zero attached hydrogens (tertiary/aromatic N) is 6. The zero-order valence-electron chi connectivity index (χ0n) is 13.1. The molecule has 0 fully saturated rings. The molecule has 0 aliphatic rings. The van der Waals surface area contributed by atoms with Crippen molar-refractivity contribution in [2.75, 3.05) is 5.73 Å². The highest BCUT2D eigenvalue weighted by Gasteiger charge is 2.20. The zero-order chi connectivity index (χ0) is 17.4. The first-order chi connectivity index (χ1) is 12.2. The Bertz CT molecular complexity index is 1140. The molecule has 0 aliphatic heterocycles. The van der Waals surface area contributed by atoms with E-state index in [0.29, 0.717) is 17.2 Å². The summed E-state index contributed by atoms with van der Waals surface area (Å²) in [7, 11) is 0. The molecular formula is C17H11N7O. The van der Waals surface area contributed by atoms with Gasteiger partial charge in [0.15, 0.2) is 23.0 Å². The SMILES string of the molecule is Cc1noc(-c2nc(N)c(C#N)nc2-c2ccc3ncccc3c2)n1. The van der Waals surface area contributed by atoms with Gasteiger partial charge in [-0.1, -0.05) is 17.3 Å². The van der Waals surface area contributed by atoms with Crippen LogP contribution in [0, 0.1) is 18.3 Å². The predicted molar refractivity (Wildman–Crippen MR) is 89.9 cm³/mol. The monoisotopic (exact) mass is 329 g/mol. The van der Waals surface area contributed by atoms with Crippen LogP contribution in [0.2, 0.25) is 0 Å². The molecule has 0 amide bonds. The molecule has 3 heterocycles. The minimum Gasteiger partial charge on any atom is -0.381 e. The van der Waals surface area contributed by atoms with Crippen LogP contribution < -0.4 is 5.73 Å². The summed E-state index contributed by atoms with van der Waals surface area (Å²) in [5.74, 6) is 0.676. The van der Waals surface area contributed by atoms with Crippen molar-refractivity contribution >= 4 is 16.7 Å². The summed E-state index contributed by atoms with van der Waals surface area (Å²) in [6.07, 6.45) is 1.73. The summed E-state index contributed by atoms with van der Waals surface area (Å²) in [5.41, 5.74) is 8.24. The topological polar surface area (TPSA) is 127 Å². The van der Waals surface area contributed by atoms with Gasteiger partial charge in [-0.25, -0.2) is 9.97 Å². The van der Waals surface area contributed by atoms with Crippen molar-refractivity contribution in [3.63, 3.8) is 0 Å². The molecule has 0 saturated heterocycles. The maximum absolute atomic E-state index is 9.23. The fraction of sp³-hybridized carbons (Fsp3) is 0.0588. The highest BCUT2D eigenvalue weighted by Crippen LogP contribution is 2.31. The molecule has 1 aromatic carbocycles. The van der Waals surface area contributed by atoms with E-state index in [-0.39, 0.29) is 17.4 Å². The van der Waals surface area contributed by atoms with Gasteiger partial charge in [0.1, 0.15) is 11.8 Å². The van der Waals surface area contributed by atoms with E-state index in [1.54, 1.807) is 13.1 Å². The van der Waals surface area contributed by atoms with Crippen molar-refractivity contribution in [1.82, 2.24) is 25.1 Å². The van der Waals surface area contributed by atoms with Gasteiger partial charge in [0.05, 0.1) is 5.52 Å². The number of nitriles is 1. The van der Waals surface area contributed by atoms with Crippen LogP contribution in [0.4, 0.5) is 5.82 Å². The molecular weight excluding hydrogens is 318 g/mol. The van der Waals surface area contributed by atoms with Gasteiger partial charge in [-0.3, -0.25) is 4.98 Å². The first-order valence-electron chi connectivity index (χ1n) is 7.39. The number of rotatable bonds is 2. The third-order valence-corrected chi connectivity index (χ3v) is 3.64. The lowest BCUT2D eigenvalue weighted by Gasteiger charge is -2.08. The molecule has 8 heteroatoms. The average Bonchev–Trinajstić information content (AvgIpc) is 3.07. The molecule has 0 atom stereocenters. The number of nitrogen functional groups attached to an aromatic ring is 1. The fourth-order valence-corrected chi connectivity index (χ4v) is 2.50. The molecule has 2 N–H and O–H groups in total. The van der Waals surface area contributed by atoms with Crippen molar-refractivity contribution < 1.29 is 4.52 Å². The zero-order valence-corrected chi connectivity index (χ0v) is 13.1. The van der Waals surface area contributed by atoms with E-state index >= 15 is 0 Å². The van der Waals surface area contributed by atoms with E-state index in [1.165, 1.54) is 0 Å². The van der Waals surface area contributed by atoms with Gasteiger partial charge in [0, 0.05) is 17.1 Å².